The van der Waals surface area contributed by atoms with Crippen LogP contribution in [-0.4, -0.2) is 25.0 Å². The Morgan fingerprint density at radius 3 is 2.48 bits per heavy atom. The lowest BCUT2D eigenvalue weighted by atomic mass is 9.83. The Morgan fingerprint density at radius 2 is 1.86 bits per heavy atom. The minimum Gasteiger partial charge on any atom is -0.353 e. The lowest BCUT2D eigenvalue weighted by Crippen LogP contribution is -2.40. The van der Waals surface area contributed by atoms with E-state index in [1.165, 1.54) is 51.4 Å². The molecule has 122 valence electrons. The maximum Gasteiger partial charge on any atom is 0.223 e. The summed E-state index contributed by atoms with van der Waals surface area (Å²) < 4.78 is 0. The zero-order chi connectivity index (χ0) is 14.0. The van der Waals surface area contributed by atoms with Crippen molar-refractivity contribution in [3.05, 3.63) is 0 Å². The van der Waals surface area contributed by atoms with Crippen LogP contribution in [0, 0.1) is 17.3 Å². The van der Waals surface area contributed by atoms with E-state index in [0.29, 0.717) is 23.3 Å². The van der Waals surface area contributed by atoms with Gasteiger partial charge in [0.05, 0.1) is 0 Å². The number of hydrogen-bond donors (Lipinski definition) is 2. The Hall–Kier alpha value is -0.280. The highest BCUT2D eigenvalue weighted by Gasteiger charge is 2.57. The Morgan fingerprint density at radius 1 is 1.19 bits per heavy atom. The summed E-state index contributed by atoms with van der Waals surface area (Å²) >= 11 is 0. The fraction of sp³-hybridized carbons (Fsp3) is 0.941. The van der Waals surface area contributed by atoms with Crippen LogP contribution >= 0.6 is 12.4 Å². The van der Waals surface area contributed by atoms with Crippen LogP contribution in [-0.2, 0) is 4.79 Å². The Kier molecular flexibility index (Phi) is 5.96. The first kappa shape index (κ1) is 17.1. The van der Waals surface area contributed by atoms with Crippen LogP contribution in [0.4, 0.5) is 0 Å². The van der Waals surface area contributed by atoms with Gasteiger partial charge in [0.15, 0.2) is 0 Å². The Bertz CT molecular complexity index is 347. The van der Waals surface area contributed by atoms with Gasteiger partial charge in [0.2, 0.25) is 5.91 Å². The number of carbonyl (C=O) groups excluding carboxylic acids is 1. The predicted octanol–water partition coefficient (Wildman–Crippen LogP) is 3.27. The van der Waals surface area contributed by atoms with Crippen molar-refractivity contribution in [3.8, 4) is 0 Å². The molecule has 0 aromatic heterocycles. The summed E-state index contributed by atoms with van der Waals surface area (Å²) in [5.74, 6) is 1.62. The summed E-state index contributed by atoms with van der Waals surface area (Å²) in [6.07, 6.45) is 11.3. The van der Waals surface area contributed by atoms with Crippen molar-refractivity contribution in [2.75, 3.05) is 13.1 Å². The van der Waals surface area contributed by atoms with Gasteiger partial charge in [-0.3, -0.25) is 4.79 Å². The lowest BCUT2D eigenvalue weighted by molar-refractivity contribution is -0.124. The fourth-order valence-electron chi connectivity index (χ4n) is 4.50. The number of halogens is 1. The Labute approximate surface area is 135 Å². The van der Waals surface area contributed by atoms with Crippen molar-refractivity contribution in [1.82, 2.24) is 10.6 Å². The standard InChI is InChI=1S/C17H30N2O.ClH/c1-2-3-13-4-6-14(7-5-13)19-16(20)15-12-17(15)8-10-18-11-9-17;/h13-15,18H,2-12H2,1H3,(H,19,20);1H. The number of amides is 1. The number of piperidine rings is 1. The molecule has 0 aromatic rings. The maximum atomic E-state index is 12.4. The predicted molar refractivity (Wildman–Crippen MR) is 88.7 cm³/mol. The smallest absolute Gasteiger partial charge is 0.223 e. The molecule has 1 spiro atoms. The van der Waals surface area contributed by atoms with Crippen molar-refractivity contribution in [1.29, 1.82) is 0 Å². The summed E-state index contributed by atoms with van der Waals surface area (Å²) in [7, 11) is 0. The van der Waals surface area contributed by atoms with E-state index in [9.17, 15) is 4.79 Å². The van der Waals surface area contributed by atoms with E-state index in [1.807, 2.05) is 0 Å². The van der Waals surface area contributed by atoms with Crippen LogP contribution in [0.2, 0.25) is 0 Å². The minimum atomic E-state index is 0. The molecule has 0 radical (unpaired) electrons. The van der Waals surface area contributed by atoms with Gasteiger partial charge in [-0.05, 0) is 69.4 Å². The molecule has 0 aromatic carbocycles. The summed E-state index contributed by atoms with van der Waals surface area (Å²) in [5.41, 5.74) is 0.384. The molecule has 0 bridgehead atoms. The summed E-state index contributed by atoms with van der Waals surface area (Å²) in [4.78, 5) is 12.4. The van der Waals surface area contributed by atoms with E-state index < -0.39 is 0 Å². The molecule has 3 aliphatic rings. The third-order valence-corrected chi connectivity index (χ3v) is 6.00. The van der Waals surface area contributed by atoms with Gasteiger partial charge in [-0.15, -0.1) is 12.4 Å². The molecule has 1 unspecified atom stereocenters. The van der Waals surface area contributed by atoms with Crippen molar-refractivity contribution in [2.24, 2.45) is 17.3 Å². The molecule has 2 N–H and O–H groups in total. The number of hydrogen-bond acceptors (Lipinski definition) is 2. The number of carbonyl (C=O) groups is 1. The zero-order valence-corrected chi connectivity index (χ0v) is 14.1. The second kappa shape index (κ2) is 7.32. The first-order chi connectivity index (χ1) is 9.73. The first-order valence-electron chi connectivity index (χ1n) is 8.74. The van der Waals surface area contributed by atoms with Crippen LogP contribution in [0.3, 0.4) is 0 Å². The molecular formula is C17H31ClN2O. The lowest BCUT2D eigenvalue weighted by Gasteiger charge is -2.29. The van der Waals surface area contributed by atoms with E-state index in [0.717, 1.165) is 25.4 Å². The van der Waals surface area contributed by atoms with Crippen LogP contribution in [0.1, 0.15) is 64.7 Å². The van der Waals surface area contributed by atoms with Crippen molar-refractivity contribution in [3.63, 3.8) is 0 Å². The molecule has 3 rings (SSSR count). The highest BCUT2D eigenvalue weighted by atomic mass is 35.5. The topological polar surface area (TPSA) is 41.1 Å². The highest BCUT2D eigenvalue weighted by molar-refractivity contribution is 5.85. The van der Waals surface area contributed by atoms with Crippen molar-refractivity contribution in [2.45, 2.75) is 70.8 Å². The molecule has 21 heavy (non-hydrogen) atoms. The third kappa shape index (κ3) is 3.92. The molecule has 1 aliphatic heterocycles. The van der Waals surface area contributed by atoms with Gasteiger partial charge in [-0.2, -0.15) is 0 Å². The Balaban J connectivity index is 0.00000161. The van der Waals surface area contributed by atoms with Gasteiger partial charge in [0.1, 0.15) is 0 Å². The molecule has 1 atom stereocenters. The highest BCUT2D eigenvalue weighted by Crippen LogP contribution is 2.58. The van der Waals surface area contributed by atoms with Gasteiger partial charge in [-0.25, -0.2) is 0 Å². The maximum absolute atomic E-state index is 12.4. The molecule has 3 fully saturated rings. The van der Waals surface area contributed by atoms with Crippen LogP contribution in [0.15, 0.2) is 0 Å². The van der Waals surface area contributed by atoms with E-state index >= 15 is 0 Å². The molecule has 1 saturated heterocycles. The largest absolute Gasteiger partial charge is 0.353 e. The summed E-state index contributed by atoms with van der Waals surface area (Å²) in [6.45, 7) is 4.48. The van der Waals surface area contributed by atoms with Crippen LogP contribution < -0.4 is 10.6 Å². The van der Waals surface area contributed by atoms with Crippen molar-refractivity contribution < 1.29 is 4.79 Å². The minimum absolute atomic E-state index is 0. The zero-order valence-electron chi connectivity index (χ0n) is 13.3. The average Bonchev–Trinajstić information content (AvgIpc) is 3.16. The molecule has 2 saturated carbocycles. The fourth-order valence-corrected chi connectivity index (χ4v) is 4.50. The monoisotopic (exact) mass is 314 g/mol. The first-order valence-corrected chi connectivity index (χ1v) is 8.74. The molecule has 1 amide bonds. The SMILES string of the molecule is CCCC1CCC(NC(=O)C2CC23CCNCC3)CC1.Cl. The molecule has 3 nitrogen and oxygen atoms in total. The van der Waals surface area contributed by atoms with Gasteiger partial charge in [-0.1, -0.05) is 19.8 Å². The van der Waals surface area contributed by atoms with E-state index in [4.69, 9.17) is 0 Å². The van der Waals surface area contributed by atoms with Crippen LogP contribution in [0.25, 0.3) is 0 Å². The second-order valence-electron chi connectivity index (χ2n) is 7.38. The third-order valence-electron chi connectivity index (χ3n) is 6.00. The van der Waals surface area contributed by atoms with E-state index in [1.54, 1.807) is 0 Å². The van der Waals surface area contributed by atoms with Gasteiger partial charge >= 0.3 is 0 Å². The number of rotatable bonds is 4. The van der Waals surface area contributed by atoms with Gasteiger partial charge in [0, 0.05) is 12.0 Å². The van der Waals surface area contributed by atoms with Crippen LogP contribution in [0.5, 0.6) is 0 Å². The second-order valence-corrected chi connectivity index (χ2v) is 7.38. The molecule has 4 heteroatoms. The molecular weight excluding hydrogens is 284 g/mol. The molecule has 1 heterocycles. The van der Waals surface area contributed by atoms with Crippen molar-refractivity contribution >= 4 is 18.3 Å². The average molecular weight is 315 g/mol. The van der Waals surface area contributed by atoms with Gasteiger partial charge in [0.25, 0.3) is 0 Å². The number of nitrogens with one attached hydrogen (secondary N) is 2. The summed E-state index contributed by atoms with van der Waals surface area (Å²) in [5, 5.41) is 6.76. The van der Waals surface area contributed by atoms with E-state index in [-0.39, 0.29) is 12.4 Å². The summed E-state index contributed by atoms with van der Waals surface area (Å²) in [6, 6.07) is 0.468. The molecule has 2 aliphatic carbocycles. The normalized spacial score (nSPS) is 34.0. The van der Waals surface area contributed by atoms with E-state index in [2.05, 4.69) is 17.6 Å². The van der Waals surface area contributed by atoms with Gasteiger partial charge < -0.3 is 10.6 Å². The quantitative estimate of drug-likeness (QED) is 0.836.